The number of fused-ring (bicyclic) bond motifs is 1. The molecule has 0 amide bonds. The van der Waals surface area contributed by atoms with Gasteiger partial charge in [0.05, 0.1) is 15.2 Å². The smallest absolute Gasteiger partial charge is 0.339 e. The number of carboxylic acids is 1. The Balaban J connectivity index is 2.30. The molecule has 0 aliphatic rings. The lowest BCUT2D eigenvalue weighted by Gasteiger charge is -1.97. The van der Waals surface area contributed by atoms with Crippen LogP contribution in [-0.4, -0.2) is 21.2 Å². The highest BCUT2D eigenvalue weighted by Gasteiger charge is 2.13. The highest BCUT2D eigenvalue weighted by Crippen LogP contribution is 2.29. The summed E-state index contributed by atoms with van der Waals surface area (Å²) >= 11 is 1.52. The number of aromatic carboxylic acids is 1. The van der Waals surface area contributed by atoms with E-state index in [1.807, 2.05) is 0 Å². The van der Waals surface area contributed by atoms with Crippen molar-refractivity contribution in [1.29, 1.82) is 0 Å². The lowest BCUT2D eigenvalue weighted by atomic mass is 10.2. The van der Waals surface area contributed by atoms with Gasteiger partial charge in [0.25, 0.3) is 0 Å². The molecule has 96 valence electrons. The molecule has 0 aliphatic carbocycles. The summed E-state index contributed by atoms with van der Waals surface area (Å²) in [6, 6.07) is 2.92. The molecule has 0 fully saturated rings. The van der Waals surface area contributed by atoms with Gasteiger partial charge in [0.1, 0.15) is 11.3 Å². The average molecular weight is 265 g/mol. The molecule has 18 heavy (non-hydrogen) atoms. The predicted molar refractivity (Wildman–Crippen MR) is 71.5 cm³/mol. The van der Waals surface area contributed by atoms with Crippen LogP contribution >= 0.6 is 11.3 Å². The standard InChI is InChI=1S/C13H15NO3S/c1-2-3-4-5-12-14-9-6-8(13(16)17)10(15)7-11(9)18-12/h6-7,15H,2-5H2,1H3,(H,16,17). The number of unbranched alkanes of at least 4 members (excludes halogenated alkanes) is 2. The molecule has 2 aromatic rings. The molecule has 4 nitrogen and oxygen atoms in total. The first-order chi connectivity index (χ1) is 8.61. The van der Waals surface area contributed by atoms with E-state index in [0.29, 0.717) is 5.52 Å². The van der Waals surface area contributed by atoms with Crippen LogP contribution in [0.25, 0.3) is 10.2 Å². The van der Waals surface area contributed by atoms with Gasteiger partial charge in [-0.05, 0) is 18.9 Å². The van der Waals surface area contributed by atoms with Crippen LogP contribution in [0.4, 0.5) is 0 Å². The molecule has 0 radical (unpaired) electrons. The van der Waals surface area contributed by atoms with E-state index in [-0.39, 0.29) is 11.3 Å². The molecule has 0 saturated carbocycles. The topological polar surface area (TPSA) is 70.4 Å². The third kappa shape index (κ3) is 2.61. The fourth-order valence-corrected chi connectivity index (χ4v) is 2.84. The second-order valence-corrected chi connectivity index (χ2v) is 5.32. The summed E-state index contributed by atoms with van der Waals surface area (Å²) in [5.41, 5.74) is 0.564. The molecule has 0 aliphatic heterocycles. The van der Waals surface area contributed by atoms with Crippen LogP contribution < -0.4 is 0 Å². The Morgan fingerprint density at radius 3 is 2.83 bits per heavy atom. The largest absolute Gasteiger partial charge is 0.507 e. The summed E-state index contributed by atoms with van der Waals surface area (Å²) in [7, 11) is 0. The number of aromatic nitrogens is 1. The number of benzene rings is 1. The van der Waals surface area contributed by atoms with E-state index in [1.54, 1.807) is 0 Å². The van der Waals surface area contributed by atoms with Crippen molar-refractivity contribution in [2.75, 3.05) is 0 Å². The maximum absolute atomic E-state index is 10.9. The van der Waals surface area contributed by atoms with E-state index >= 15 is 0 Å². The van der Waals surface area contributed by atoms with E-state index in [1.165, 1.54) is 29.9 Å². The number of thiazole rings is 1. The fraction of sp³-hybridized carbons (Fsp3) is 0.385. The van der Waals surface area contributed by atoms with Crippen molar-refractivity contribution in [1.82, 2.24) is 4.98 Å². The molecule has 5 heteroatoms. The second kappa shape index (κ2) is 5.35. The highest BCUT2D eigenvalue weighted by atomic mass is 32.1. The number of aromatic hydroxyl groups is 1. The molecule has 1 aromatic heterocycles. The molecule has 0 unspecified atom stereocenters. The van der Waals surface area contributed by atoms with Crippen LogP contribution in [0.3, 0.4) is 0 Å². The summed E-state index contributed by atoms with van der Waals surface area (Å²) in [6.07, 6.45) is 4.33. The normalized spacial score (nSPS) is 10.9. The maximum Gasteiger partial charge on any atom is 0.339 e. The average Bonchev–Trinajstić information content (AvgIpc) is 2.69. The lowest BCUT2D eigenvalue weighted by Crippen LogP contribution is -1.96. The molecule has 2 N–H and O–H groups in total. The van der Waals surface area contributed by atoms with Crippen LogP contribution in [0.15, 0.2) is 12.1 Å². The zero-order valence-corrected chi connectivity index (χ0v) is 11.0. The van der Waals surface area contributed by atoms with Crippen molar-refractivity contribution in [2.45, 2.75) is 32.6 Å². The van der Waals surface area contributed by atoms with E-state index < -0.39 is 5.97 Å². The van der Waals surface area contributed by atoms with Gasteiger partial charge in [0, 0.05) is 6.07 Å². The van der Waals surface area contributed by atoms with Crippen LogP contribution in [0.1, 0.15) is 41.6 Å². The molecule has 1 aromatic carbocycles. The van der Waals surface area contributed by atoms with Crippen molar-refractivity contribution in [3.8, 4) is 5.75 Å². The van der Waals surface area contributed by atoms with Crippen LogP contribution in [-0.2, 0) is 6.42 Å². The zero-order valence-electron chi connectivity index (χ0n) is 10.1. The summed E-state index contributed by atoms with van der Waals surface area (Å²) < 4.78 is 0.837. The minimum Gasteiger partial charge on any atom is -0.507 e. The van der Waals surface area contributed by atoms with Crippen LogP contribution in [0, 0.1) is 0 Å². The molecule has 0 bridgehead atoms. The Bertz CT molecular complexity index is 577. The Hall–Kier alpha value is -1.62. The number of hydrogen-bond donors (Lipinski definition) is 2. The number of carboxylic acid groups (broad SMARTS) is 1. The van der Waals surface area contributed by atoms with Gasteiger partial charge in [0.2, 0.25) is 0 Å². The monoisotopic (exact) mass is 265 g/mol. The molecule has 1 heterocycles. The highest BCUT2D eigenvalue weighted by molar-refractivity contribution is 7.18. The van der Waals surface area contributed by atoms with Crippen molar-refractivity contribution in [3.63, 3.8) is 0 Å². The number of nitrogens with zero attached hydrogens (tertiary/aromatic N) is 1. The van der Waals surface area contributed by atoms with Gasteiger partial charge in [-0.1, -0.05) is 19.8 Å². The number of hydrogen-bond acceptors (Lipinski definition) is 4. The van der Waals surface area contributed by atoms with Crippen LogP contribution in [0.2, 0.25) is 0 Å². The summed E-state index contributed by atoms with van der Waals surface area (Å²) in [6.45, 7) is 2.15. The lowest BCUT2D eigenvalue weighted by molar-refractivity contribution is 0.0694. The van der Waals surface area contributed by atoms with Gasteiger partial charge in [-0.3, -0.25) is 0 Å². The molecule has 2 rings (SSSR count). The van der Waals surface area contributed by atoms with Gasteiger partial charge >= 0.3 is 5.97 Å². The Morgan fingerprint density at radius 2 is 2.17 bits per heavy atom. The molecular formula is C13H15NO3S. The van der Waals surface area contributed by atoms with Crippen molar-refractivity contribution in [2.24, 2.45) is 0 Å². The van der Waals surface area contributed by atoms with Gasteiger partial charge < -0.3 is 10.2 Å². The van der Waals surface area contributed by atoms with Gasteiger partial charge in [-0.25, -0.2) is 9.78 Å². The van der Waals surface area contributed by atoms with E-state index in [4.69, 9.17) is 5.11 Å². The third-order valence-corrected chi connectivity index (χ3v) is 3.85. The van der Waals surface area contributed by atoms with Crippen LogP contribution in [0.5, 0.6) is 5.75 Å². The fourth-order valence-electron chi connectivity index (χ4n) is 1.82. The van der Waals surface area contributed by atoms with Gasteiger partial charge in [-0.15, -0.1) is 11.3 Å². The van der Waals surface area contributed by atoms with Crippen molar-refractivity contribution < 1.29 is 15.0 Å². The summed E-state index contributed by atoms with van der Waals surface area (Å²) in [5.74, 6) is -1.33. The Labute approximate surface area is 109 Å². The SMILES string of the molecule is CCCCCc1nc2cc(C(=O)O)c(O)cc2s1. The minimum atomic E-state index is -1.13. The minimum absolute atomic E-state index is 0.0899. The number of carbonyl (C=O) groups is 1. The maximum atomic E-state index is 10.9. The molecule has 0 spiro atoms. The van der Waals surface area contributed by atoms with Gasteiger partial charge in [-0.2, -0.15) is 0 Å². The molecular weight excluding hydrogens is 250 g/mol. The summed E-state index contributed by atoms with van der Waals surface area (Å²) in [4.78, 5) is 15.3. The second-order valence-electron chi connectivity index (χ2n) is 4.21. The summed E-state index contributed by atoms with van der Waals surface area (Å²) in [5, 5.41) is 19.5. The quantitative estimate of drug-likeness (QED) is 0.812. The zero-order chi connectivity index (χ0) is 13.1. The van der Waals surface area contributed by atoms with E-state index in [9.17, 15) is 9.90 Å². The Morgan fingerprint density at radius 1 is 1.39 bits per heavy atom. The number of aryl methyl sites for hydroxylation is 1. The predicted octanol–water partition coefficient (Wildman–Crippen LogP) is 3.43. The first-order valence-electron chi connectivity index (χ1n) is 5.97. The number of rotatable bonds is 5. The van der Waals surface area contributed by atoms with Gasteiger partial charge in [0.15, 0.2) is 0 Å². The first kappa shape index (κ1) is 12.8. The van der Waals surface area contributed by atoms with Crippen molar-refractivity contribution >= 4 is 27.5 Å². The Kier molecular flexibility index (Phi) is 3.81. The van der Waals surface area contributed by atoms with Crippen molar-refractivity contribution in [3.05, 3.63) is 22.7 Å². The van der Waals surface area contributed by atoms with E-state index in [0.717, 1.165) is 29.0 Å². The molecule has 0 atom stereocenters. The third-order valence-electron chi connectivity index (χ3n) is 2.77. The first-order valence-corrected chi connectivity index (χ1v) is 6.79. The molecule has 0 saturated heterocycles. The van der Waals surface area contributed by atoms with E-state index in [2.05, 4.69) is 11.9 Å². The number of phenols is 1.